The molecule has 0 aliphatic rings. The minimum Gasteiger partial charge on any atom is -0.309 e. The van der Waals surface area contributed by atoms with E-state index in [1.165, 1.54) is 6.16 Å². The summed E-state index contributed by atoms with van der Waals surface area (Å²) in [5.41, 5.74) is 0. The monoisotopic (exact) mass is 165 g/mol. The SMILES string of the molecule is CN(C)CCP(C)(C)=S. The third-order valence-corrected chi connectivity index (χ3v) is 2.91. The van der Waals surface area contributed by atoms with Gasteiger partial charge >= 0.3 is 0 Å². The molecule has 0 rings (SSSR count). The van der Waals surface area contributed by atoms with E-state index in [1.807, 2.05) is 0 Å². The van der Waals surface area contributed by atoms with Crippen LogP contribution in [0.15, 0.2) is 0 Å². The lowest BCUT2D eigenvalue weighted by Crippen LogP contribution is -2.15. The molecule has 0 bridgehead atoms. The number of hydrogen-bond acceptors (Lipinski definition) is 2. The average molecular weight is 165 g/mol. The summed E-state index contributed by atoms with van der Waals surface area (Å²) in [4.78, 5) is 2.19. The van der Waals surface area contributed by atoms with E-state index < -0.39 is 6.04 Å². The van der Waals surface area contributed by atoms with E-state index in [0.29, 0.717) is 0 Å². The highest BCUT2D eigenvalue weighted by atomic mass is 32.4. The Balaban J connectivity index is 3.40. The van der Waals surface area contributed by atoms with Crippen LogP contribution in [0.4, 0.5) is 0 Å². The fourth-order valence-corrected chi connectivity index (χ4v) is 1.57. The van der Waals surface area contributed by atoms with Gasteiger partial charge in [0, 0.05) is 6.54 Å². The van der Waals surface area contributed by atoms with Gasteiger partial charge in [-0.3, -0.25) is 0 Å². The van der Waals surface area contributed by atoms with Crippen molar-refractivity contribution < 1.29 is 0 Å². The molecule has 0 N–H and O–H groups in total. The molecule has 0 saturated carbocycles. The van der Waals surface area contributed by atoms with Crippen LogP contribution >= 0.6 is 6.04 Å². The van der Waals surface area contributed by atoms with Crippen molar-refractivity contribution >= 4 is 17.8 Å². The van der Waals surface area contributed by atoms with Crippen molar-refractivity contribution in [2.45, 2.75) is 0 Å². The Morgan fingerprint density at radius 3 is 1.89 bits per heavy atom. The van der Waals surface area contributed by atoms with Crippen molar-refractivity contribution in [3.05, 3.63) is 0 Å². The van der Waals surface area contributed by atoms with E-state index in [-0.39, 0.29) is 0 Å². The van der Waals surface area contributed by atoms with Gasteiger partial charge < -0.3 is 4.90 Å². The summed E-state index contributed by atoms with van der Waals surface area (Å²) in [5.74, 6) is 0. The predicted molar refractivity (Wildman–Crippen MR) is 49.6 cm³/mol. The van der Waals surface area contributed by atoms with Crippen molar-refractivity contribution in [1.82, 2.24) is 4.90 Å². The maximum absolute atomic E-state index is 5.29. The molecule has 0 aromatic rings. The molecule has 0 aliphatic heterocycles. The first-order chi connectivity index (χ1) is 3.92. The van der Waals surface area contributed by atoms with Gasteiger partial charge in [0.15, 0.2) is 0 Å². The highest BCUT2D eigenvalue weighted by Gasteiger charge is 2.01. The molecule has 9 heavy (non-hydrogen) atoms. The van der Waals surface area contributed by atoms with Crippen LogP contribution in [0.3, 0.4) is 0 Å². The molecule has 1 nitrogen and oxygen atoms in total. The Kier molecular flexibility index (Phi) is 3.95. The van der Waals surface area contributed by atoms with Gasteiger partial charge in [-0.2, -0.15) is 0 Å². The standard InChI is InChI=1S/C6H16NPS/c1-7(2)5-6-8(3,4)9/h5-6H2,1-4H3. The quantitative estimate of drug-likeness (QED) is 0.580. The topological polar surface area (TPSA) is 3.24 Å². The third kappa shape index (κ3) is 8.61. The first-order valence-electron chi connectivity index (χ1n) is 3.10. The fraction of sp³-hybridized carbons (Fsp3) is 1.00. The molecular weight excluding hydrogens is 149 g/mol. The van der Waals surface area contributed by atoms with Crippen molar-refractivity contribution in [1.29, 1.82) is 0 Å². The van der Waals surface area contributed by atoms with Crippen LogP contribution in [0, 0.1) is 0 Å². The normalized spacial score (nSPS) is 12.6. The van der Waals surface area contributed by atoms with Crippen molar-refractivity contribution in [2.75, 3.05) is 40.1 Å². The minimum absolute atomic E-state index is 0.928. The van der Waals surface area contributed by atoms with Crippen molar-refractivity contribution in [3.63, 3.8) is 0 Å². The number of hydrogen-bond donors (Lipinski definition) is 0. The van der Waals surface area contributed by atoms with Crippen molar-refractivity contribution in [2.24, 2.45) is 0 Å². The lowest BCUT2D eigenvalue weighted by atomic mass is 10.7. The predicted octanol–water partition coefficient (Wildman–Crippen LogP) is 1.29. The molecule has 0 aromatic heterocycles. The molecule has 0 heterocycles. The molecule has 0 amide bonds. The van der Waals surface area contributed by atoms with E-state index in [2.05, 4.69) is 32.3 Å². The lowest BCUT2D eigenvalue weighted by Gasteiger charge is -2.13. The maximum atomic E-state index is 5.29. The largest absolute Gasteiger partial charge is 0.309 e. The molecule has 0 aromatic carbocycles. The first kappa shape index (κ1) is 9.61. The molecule has 0 atom stereocenters. The number of rotatable bonds is 3. The zero-order chi connectivity index (χ0) is 7.49. The van der Waals surface area contributed by atoms with Crippen LogP contribution in [0.2, 0.25) is 0 Å². The van der Waals surface area contributed by atoms with Gasteiger partial charge in [-0.1, -0.05) is 11.8 Å². The van der Waals surface area contributed by atoms with Crippen LogP contribution in [-0.2, 0) is 11.8 Å². The summed E-state index contributed by atoms with van der Waals surface area (Å²) >= 11 is 5.29. The Morgan fingerprint density at radius 1 is 1.33 bits per heavy atom. The zero-order valence-corrected chi connectivity index (χ0v) is 8.43. The van der Waals surface area contributed by atoms with Gasteiger partial charge in [-0.05, 0) is 39.6 Å². The summed E-state index contributed by atoms with van der Waals surface area (Å²) < 4.78 is 0. The van der Waals surface area contributed by atoms with Crippen LogP contribution < -0.4 is 0 Å². The van der Waals surface area contributed by atoms with Gasteiger partial charge in [-0.25, -0.2) is 0 Å². The first-order valence-corrected chi connectivity index (χ1v) is 6.99. The van der Waals surface area contributed by atoms with Crippen LogP contribution in [0.5, 0.6) is 0 Å². The summed E-state index contributed by atoms with van der Waals surface area (Å²) in [5, 5.41) is 0. The highest BCUT2D eigenvalue weighted by Crippen LogP contribution is 2.35. The molecule has 0 radical (unpaired) electrons. The highest BCUT2D eigenvalue weighted by molar-refractivity contribution is 8.14. The zero-order valence-electron chi connectivity index (χ0n) is 6.72. The Labute approximate surface area is 63.4 Å². The fourth-order valence-electron chi connectivity index (χ4n) is 0.441. The molecule has 0 saturated heterocycles. The Bertz CT molecular complexity index is 116. The van der Waals surface area contributed by atoms with Crippen molar-refractivity contribution in [3.8, 4) is 0 Å². The second kappa shape index (κ2) is 3.70. The van der Waals surface area contributed by atoms with Gasteiger partial charge in [-0.15, -0.1) is 0 Å². The molecule has 56 valence electrons. The van der Waals surface area contributed by atoms with Gasteiger partial charge in [0.2, 0.25) is 0 Å². The molecule has 3 heteroatoms. The number of nitrogens with zero attached hydrogens (tertiary/aromatic N) is 1. The maximum Gasteiger partial charge on any atom is 0.00217 e. The van der Waals surface area contributed by atoms with Gasteiger partial charge in [0.05, 0.1) is 0 Å². The average Bonchev–Trinajstić information content (AvgIpc) is 1.59. The Morgan fingerprint density at radius 2 is 1.78 bits per heavy atom. The van der Waals surface area contributed by atoms with E-state index >= 15 is 0 Å². The summed E-state index contributed by atoms with van der Waals surface area (Å²) in [6.07, 6.45) is 1.20. The molecule has 0 fully saturated rings. The third-order valence-electron chi connectivity index (χ3n) is 1.09. The smallest absolute Gasteiger partial charge is 0.00217 e. The molecule has 0 spiro atoms. The summed E-state index contributed by atoms with van der Waals surface area (Å²) in [7, 11) is 4.18. The van der Waals surface area contributed by atoms with Crippen LogP contribution in [0.1, 0.15) is 0 Å². The van der Waals surface area contributed by atoms with Gasteiger partial charge in [0.25, 0.3) is 0 Å². The lowest BCUT2D eigenvalue weighted by molar-refractivity contribution is 0.436. The molecular formula is C6H16NPS. The van der Waals surface area contributed by atoms with E-state index in [0.717, 1.165) is 6.54 Å². The molecule has 0 aliphatic carbocycles. The summed E-state index contributed by atoms with van der Waals surface area (Å²) in [6.45, 7) is 5.54. The van der Waals surface area contributed by atoms with E-state index in [9.17, 15) is 0 Å². The minimum atomic E-state index is -0.928. The van der Waals surface area contributed by atoms with E-state index in [4.69, 9.17) is 11.8 Å². The Hall–Kier alpha value is 0.610. The van der Waals surface area contributed by atoms with Crippen LogP contribution in [-0.4, -0.2) is 45.0 Å². The molecule has 0 unspecified atom stereocenters. The second-order valence-electron chi connectivity index (χ2n) is 3.10. The second-order valence-corrected chi connectivity index (χ2v) is 9.66. The van der Waals surface area contributed by atoms with Gasteiger partial charge in [0.1, 0.15) is 0 Å². The van der Waals surface area contributed by atoms with Crippen LogP contribution in [0.25, 0.3) is 0 Å². The van der Waals surface area contributed by atoms with E-state index in [1.54, 1.807) is 0 Å². The summed E-state index contributed by atoms with van der Waals surface area (Å²) in [6, 6.07) is -0.928.